The highest BCUT2D eigenvalue weighted by Crippen LogP contribution is 2.21. The molecule has 0 bridgehead atoms. The van der Waals surface area contributed by atoms with Crippen molar-refractivity contribution in [3.8, 4) is 0 Å². The summed E-state index contributed by atoms with van der Waals surface area (Å²) in [5, 5.41) is 6.91. The third kappa shape index (κ3) is 9.28. The molecule has 2 saturated heterocycles. The zero-order chi connectivity index (χ0) is 18.8. The summed E-state index contributed by atoms with van der Waals surface area (Å²) in [5.41, 5.74) is 0. The third-order valence-electron chi connectivity index (χ3n) is 5.66. The van der Waals surface area contributed by atoms with Crippen LogP contribution in [0.5, 0.6) is 0 Å². The lowest BCUT2D eigenvalue weighted by Crippen LogP contribution is -2.47. The van der Waals surface area contributed by atoms with E-state index in [2.05, 4.69) is 48.1 Å². The van der Waals surface area contributed by atoms with Crippen LogP contribution in [0.3, 0.4) is 0 Å². The number of morpholine rings is 1. The molecule has 160 valence electrons. The van der Waals surface area contributed by atoms with Crippen molar-refractivity contribution in [2.24, 2.45) is 16.8 Å². The van der Waals surface area contributed by atoms with Gasteiger partial charge in [0.05, 0.1) is 19.8 Å². The number of guanidine groups is 1. The number of aliphatic imine (C=N–C) groups is 1. The van der Waals surface area contributed by atoms with E-state index in [1.54, 1.807) is 0 Å². The Labute approximate surface area is 183 Å². The van der Waals surface area contributed by atoms with Gasteiger partial charge in [-0.05, 0) is 44.7 Å². The van der Waals surface area contributed by atoms with Gasteiger partial charge in [-0.15, -0.1) is 24.0 Å². The molecule has 1 atom stereocenters. The van der Waals surface area contributed by atoms with Gasteiger partial charge < -0.3 is 15.4 Å². The molecule has 0 aromatic rings. The predicted molar refractivity (Wildman–Crippen MR) is 125 cm³/mol. The highest BCUT2D eigenvalue weighted by Gasteiger charge is 2.25. The van der Waals surface area contributed by atoms with E-state index < -0.39 is 0 Å². The number of ether oxygens (including phenoxy) is 1. The van der Waals surface area contributed by atoms with Gasteiger partial charge in [-0.1, -0.05) is 20.8 Å². The molecule has 2 aliphatic heterocycles. The summed E-state index contributed by atoms with van der Waals surface area (Å²) < 4.78 is 5.41. The van der Waals surface area contributed by atoms with Crippen LogP contribution >= 0.6 is 24.0 Å². The molecule has 2 rings (SSSR count). The molecule has 2 heterocycles. The minimum Gasteiger partial charge on any atom is -0.379 e. The summed E-state index contributed by atoms with van der Waals surface area (Å²) >= 11 is 0. The summed E-state index contributed by atoms with van der Waals surface area (Å²) in [4.78, 5) is 10.0. The Kier molecular flexibility index (Phi) is 12.9. The van der Waals surface area contributed by atoms with Gasteiger partial charge in [-0.3, -0.25) is 14.8 Å². The molecule has 2 aliphatic rings. The Morgan fingerprint density at radius 3 is 2.37 bits per heavy atom. The van der Waals surface area contributed by atoms with Crippen molar-refractivity contribution in [1.82, 2.24) is 20.4 Å². The second-order valence-electron chi connectivity index (χ2n) is 8.13. The molecule has 0 radical (unpaired) electrons. The van der Waals surface area contributed by atoms with Crippen molar-refractivity contribution < 1.29 is 4.74 Å². The van der Waals surface area contributed by atoms with Crippen molar-refractivity contribution in [1.29, 1.82) is 0 Å². The number of rotatable bonds is 8. The molecular formula is C20H42IN5O. The van der Waals surface area contributed by atoms with E-state index in [0.717, 1.165) is 64.4 Å². The van der Waals surface area contributed by atoms with Gasteiger partial charge in [0.15, 0.2) is 5.96 Å². The van der Waals surface area contributed by atoms with E-state index in [0.29, 0.717) is 12.0 Å². The molecule has 27 heavy (non-hydrogen) atoms. The predicted octanol–water partition coefficient (Wildman–Crippen LogP) is 2.25. The number of nitrogens with zero attached hydrogens (tertiary/aromatic N) is 3. The fraction of sp³-hybridized carbons (Fsp3) is 0.950. The van der Waals surface area contributed by atoms with E-state index >= 15 is 0 Å². The highest BCUT2D eigenvalue weighted by molar-refractivity contribution is 14.0. The lowest BCUT2D eigenvalue weighted by atomic mass is 9.94. The number of nitrogens with one attached hydrogen (secondary N) is 2. The SMILES string of the molecule is CCNC(=NCC(C(C)C)N1CCC(C)CC1)NCCN1CCOCC1.I. The Morgan fingerprint density at radius 2 is 1.78 bits per heavy atom. The standard InChI is InChI=1S/C20H41N5O.HI/c1-5-21-20(22-8-11-24-12-14-26-15-13-24)23-16-19(17(2)3)25-9-6-18(4)7-10-25;/h17-19H,5-16H2,1-4H3,(H2,21,22,23);1H. The van der Waals surface area contributed by atoms with E-state index in [1.165, 1.54) is 25.9 Å². The first kappa shape index (κ1) is 24.9. The van der Waals surface area contributed by atoms with Crippen LogP contribution in [-0.4, -0.2) is 87.4 Å². The zero-order valence-corrected chi connectivity index (χ0v) is 20.2. The first-order valence-corrected chi connectivity index (χ1v) is 10.7. The normalized spacial score (nSPS) is 21.7. The maximum atomic E-state index is 5.41. The summed E-state index contributed by atoms with van der Waals surface area (Å²) in [6.45, 7) is 19.2. The van der Waals surface area contributed by atoms with Crippen molar-refractivity contribution in [2.45, 2.75) is 46.6 Å². The molecule has 1 unspecified atom stereocenters. The second kappa shape index (κ2) is 14.0. The summed E-state index contributed by atoms with van der Waals surface area (Å²) in [7, 11) is 0. The van der Waals surface area contributed by atoms with Crippen molar-refractivity contribution >= 4 is 29.9 Å². The van der Waals surface area contributed by atoms with Gasteiger partial charge in [-0.2, -0.15) is 0 Å². The molecule has 7 heteroatoms. The fourth-order valence-electron chi connectivity index (χ4n) is 3.79. The Balaban J connectivity index is 0.00000364. The van der Waals surface area contributed by atoms with E-state index in [9.17, 15) is 0 Å². The third-order valence-corrected chi connectivity index (χ3v) is 5.66. The number of piperidine rings is 1. The van der Waals surface area contributed by atoms with Gasteiger partial charge in [0.25, 0.3) is 0 Å². The van der Waals surface area contributed by atoms with E-state index in [4.69, 9.17) is 9.73 Å². The molecule has 2 fully saturated rings. The lowest BCUT2D eigenvalue weighted by Gasteiger charge is -2.38. The largest absolute Gasteiger partial charge is 0.379 e. The average molecular weight is 495 g/mol. The van der Waals surface area contributed by atoms with Gasteiger partial charge in [0.2, 0.25) is 0 Å². The van der Waals surface area contributed by atoms with E-state index in [-0.39, 0.29) is 24.0 Å². The number of hydrogen-bond acceptors (Lipinski definition) is 4. The smallest absolute Gasteiger partial charge is 0.191 e. The maximum Gasteiger partial charge on any atom is 0.191 e. The Hall–Kier alpha value is -0.120. The summed E-state index contributed by atoms with van der Waals surface area (Å²) in [6, 6.07) is 0.539. The maximum absolute atomic E-state index is 5.41. The first-order valence-electron chi connectivity index (χ1n) is 10.7. The van der Waals surface area contributed by atoms with Crippen molar-refractivity contribution in [3.63, 3.8) is 0 Å². The van der Waals surface area contributed by atoms with Crippen LogP contribution in [0.25, 0.3) is 0 Å². The molecule has 0 aromatic heterocycles. The summed E-state index contributed by atoms with van der Waals surface area (Å²) in [6.07, 6.45) is 2.65. The van der Waals surface area contributed by atoms with Gasteiger partial charge in [0, 0.05) is 38.8 Å². The minimum absolute atomic E-state index is 0. The van der Waals surface area contributed by atoms with Gasteiger partial charge >= 0.3 is 0 Å². The van der Waals surface area contributed by atoms with Crippen molar-refractivity contribution in [2.75, 3.05) is 65.6 Å². The molecule has 0 spiro atoms. The average Bonchev–Trinajstić information content (AvgIpc) is 2.64. The molecule has 0 amide bonds. The fourth-order valence-corrected chi connectivity index (χ4v) is 3.79. The number of likely N-dealkylation sites (tertiary alicyclic amines) is 1. The molecule has 6 nitrogen and oxygen atoms in total. The molecular weight excluding hydrogens is 453 g/mol. The summed E-state index contributed by atoms with van der Waals surface area (Å²) in [5.74, 6) is 2.46. The Morgan fingerprint density at radius 1 is 1.11 bits per heavy atom. The van der Waals surface area contributed by atoms with Crippen LogP contribution in [0, 0.1) is 11.8 Å². The van der Waals surface area contributed by atoms with Gasteiger partial charge in [-0.25, -0.2) is 0 Å². The number of hydrogen-bond donors (Lipinski definition) is 2. The van der Waals surface area contributed by atoms with Gasteiger partial charge in [0.1, 0.15) is 0 Å². The molecule has 2 N–H and O–H groups in total. The second-order valence-corrected chi connectivity index (χ2v) is 8.13. The molecule has 0 aliphatic carbocycles. The molecule has 0 aromatic carbocycles. The van der Waals surface area contributed by atoms with Crippen LogP contribution in [0.1, 0.15) is 40.5 Å². The van der Waals surface area contributed by atoms with Crippen LogP contribution in [0.2, 0.25) is 0 Å². The van der Waals surface area contributed by atoms with Crippen LogP contribution in [0.15, 0.2) is 4.99 Å². The van der Waals surface area contributed by atoms with Crippen LogP contribution in [-0.2, 0) is 4.74 Å². The zero-order valence-electron chi connectivity index (χ0n) is 17.9. The highest BCUT2D eigenvalue weighted by atomic mass is 127. The minimum atomic E-state index is 0. The van der Waals surface area contributed by atoms with Crippen LogP contribution < -0.4 is 10.6 Å². The molecule has 0 saturated carbocycles. The monoisotopic (exact) mass is 495 g/mol. The Bertz CT molecular complexity index is 407. The topological polar surface area (TPSA) is 52.1 Å². The first-order chi connectivity index (χ1) is 12.6. The van der Waals surface area contributed by atoms with E-state index in [1.807, 2.05) is 0 Å². The number of halogens is 1. The van der Waals surface area contributed by atoms with Crippen LogP contribution in [0.4, 0.5) is 0 Å². The quantitative estimate of drug-likeness (QED) is 0.308. The lowest BCUT2D eigenvalue weighted by molar-refractivity contribution is 0.0389. The van der Waals surface area contributed by atoms with Crippen molar-refractivity contribution in [3.05, 3.63) is 0 Å².